The molecule has 0 aliphatic carbocycles. The van der Waals surface area contributed by atoms with Gasteiger partial charge in [-0.25, -0.2) is 0 Å². The summed E-state index contributed by atoms with van der Waals surface area (Å²) in [5.41, 5.74) is 2.16. The predicted molar refractivity (Wildman–Crippen MR) is 86.4 cm³/mol. The van der Waals surface area contributed by atoms with Gasteiger partial charge in [-0.15, -0.1) is 0 Å². The van der Waals surface area contributed by atoms with Crippen molar-refractivity contribution in [2.75, 3.05) is 52.6 Å². The number of hydrogen-bond donors (Lipinski definition) is 0. The highest BCUT2D eigenvalue weighted by atomic mass is 16.5. The van der Waals surface area contributed by atoms with Crippen LogP contribution in [0.5, 0.6) is 0 Å². The molecule has 118 valence electrons. The maximum atomic E-state index is 5.31. The lowest BCUT2D eigenvalue weighted by atomic mass is 10.1. The van der Waals surface area contributed by atoms with Crippen molar-refractivity contribution in [2.45, 2.75) is 0 Å². The summed E-state index contributed by atoms with van der Waals surface area (Å²) in [7, 11) is 0. The Morgan fingerprint density at radius 1 is 0.773 bits per heavy atom. The first-order valence-corrected chi connectivity index (χ1v) is 7.73. The molecule has 0 unspecified atom stereocenters. The van der Waals surface area contributed by atoms with Crippen LogP contribution in [0.1, 0.15) is 11.1 Å². The molecule has 0 amide bonds. The largest absolute Gasteiger partial charge is 0.378 e. The van der Waals surface area contributed by atoms with E-state index >= 15 is 0 Å². The van der Waals surface area contributed by atoms with E-state index in [9.17, 15) is 0 Å². The van der Waals surface area contributed by atoms with E-state index in [0.29, 0.717) is 0 Å². The fourth-order valence-corrected chi connectivity index (χ4v) is 2.35. The van der Waals surface area contributed by atoms with Crippen molar-refractivity contribution in [3.05, 3.63) is 35.4 Å². The van der Waals surface area contributed by atoms with Gasteiger partial charge in [0.2, 0.25) is 0 Å². The molecular formula is C16H22N4O2. The van der Waals surface area contributed by atoms with Crippen LogP contribution in [0.2, 0.25) is 0 Å². The summed E-state index contributed by atoms with van der Waals surface area (Å²) < 4.78 is 10.6. The third-order valence-electron chi connectivity index (χ3n) is 3.63. The average molecular weight is 302 g/mol. The van der Waals surface area contributed by atoms with Gasteiger partial charge in [0.15, 0.2) is 0 Å². The lowest BCUT2D eigenvalue weighted by Crippen LogP contribution is -2.32. The molecule has 0 saturated carbocycles. The summed E-state index contributed by atoms with van der Waals surface area (Å²) in [5.74, 6) is 0. The zero-order valence-electron chi connectivity index (χ0n) is 12.7. The molecular weight excluding hydrogens is 280 g/mol. The molecule has 0 aromatic heterocycles. The molecule has 0 bridgehead atoms. The van der Waals surface area contributed by atoms with Crippen molar-refractivity contribution in [3.63, 3.8) is 0 Å². The molecule has 2 heterocycles. The van der Waals surface area contributed by atoms with Crippen LogP contribution >= 0.6 is 0 Å². The first kappa shape index (κ1) is 15.0. The van der Waals surface area contributed by atoms with E-state index in [1.807, 2.05) is 28.5 Å². The maximum absolute atomic E-state index is 5.31. The van der Waals surface area contributed by atoms with Gasteiger partial charge < -0.3 is 9.47 Å². The highest BCUT2D eigenvalue weighted by Crippen LogP contribution is 2.04. The van der Waals surface area contributed by atoms with Crippen molar-refractivity contribution < 1.29 is 9.47 Å². The van der Waals surface area contributed by atoms with E-state index in [4.69, 9.17) is 9.47 Å². The molecule has 0 spiro atoms. The number of morpholine rings is 2. The van der Waals surface area contributed by atoms with Gasteiger partial charge in [0.05, 0.1) is 65.0 Å². The van der Waals surface area contributed by atoms with Gasteiger partial charge in [0, 0.05) is 0 Å². The van der Waals surface area contributed by atoms with Gasteiger partial charge in [-0.1, -0.05) is 18.2 Å². The van der Waals surface area contributed by atoms with Crippen molar-refractivity contribution >= 4 is 12.4 Å². The van der Waals surface area contributed by atoms with Crippen LogP contribution in [0, 0.1) is 0 Å². The molecule has 22 heavy (non-hydrogen) atoms. The van der Waals surface area contributed by atoms with Crippen LogP contribution in [-0.2, 0) is 9.47 Å². The predicted octanol–water partition coefficient (Wildman–Crippen LogP) is 1.02. The Bertz CT molecular complexity index is 477. The topological polar surface area (TPSA) is 49.7 Å². The van der Waals surface area contributed by atoms with Crippen molar-refractivity contribution in [3.8, 4) is 0 Å². The van der Waals surface area contributed by atoms with Crippen molar-refractivity contribution in [1.82, 2.24) is 10.0 Å². The van der Waals surface area contributed by atoms with Gasteiger partial charge in [0.1, 0.15) is 0 Å². The molecule has 2 saturated heterocycles. The van der Waals surface area contributed by atoms with Crippen LogP contribution in [0.3, 0.4) is 0 Å². The smallest absolute Gasteiger partial charge is 0.0659 e. The molecule has 2 fully saturated rings. The zero-order chi connectivity index (χ0) is 15.0. The van der Waals surface area contributed by atoms with Crippen molar-refractivity contribution in [2.24, 2.45) is 10.2 Å². The molecule has 6 nitrogen and oxygen atoms in total. The molecule has 1 aromatic carbocycles. The molecule has 3 rings (SSSR count). The standard InChI is InChI=1S/C16H22N4O2/c1-2-15(13-17-19-4-8-21-9-5-19)12-16(3-1)14-18-20-6-10-22-11-7-20/h1-3,12-14H,4-11H2/b17-13+,18-14+. The van der Waals surface area contributed by atoms with Crippen LogP contribution < -0.4 is 0 Å². The molecule has 0 radical (unpaired) electrons. The van der Waals surface area contributed by atoms with Crippen LogP contribution in [0.25, 0.3) is 0 Å². The Kier molecular flexibility index (Phi) is 5.39. The molecule has 1 aromatic rings. The lowest BCUT2D eigenvalue weighted by Gasteiger charge is -2.23. The first-order chi connectivity index (χ1) is 10.9. The normalized spacial score (nSPS) is 20.2. The minimum absolute atomic E-state index is 0.754. The molecule has 2 aliphatic rings. The summed E-state index contributed by atoms with van der Waals surface area (Å²) in [4.78, 5) is 0. The Labute approximate surface area is 131 Å². The Morgan fingerprint density at radius 2 is 1.23 bits per heavy atom. The Morgan fingerprint density at radius 3 is 1.68 bits per heavy atom. The highest BCUT2D eigenvalue weighted by Gasteiger charge is 2.07. The highest BCUT2D eigenvalue weighted by molar-refractivity contribution is 5.85. The average Bonchev–Trinajstić information content (AvgIpc) is 2.60. The number of rotatable bonds is 4. The third kappa shape index (κ3) is 4.54. The van der Waals surface area contributed by atoms with Crippen molar-refractivity contribution in [1.29, 1.82) is 0 Å². The molecule has 0 atom stereocenters. The minimum Gasteiger partial charge on any atom is -0.378 e. The number of hydrogen-bond acceptors (Lipinski definition) is 6. The molecule has 2 aliphatic heterocycles. The first-order valence-electron chi connectivity index (χ1n) is 7.73. The summed E-state index contributed by atoms with van der Waals surface area (Å²) in [6, 6.07) is 8.22. The zero-order valence-corrected chi connectivity index (χ0v) is 12.7. The van der Waals surface area contributed by atoms with Gasteiger partial charge in [0.25, 0.3) is 0 Å². The summed E-state index contributed by atoms with van der Waals surface area (Å²) in [5, 5.41) is 13.1. The SMILES string of the molecule is C(=N\N1CCOCC1)/c1cccc(/C=N/N2CCOCC2)c1. The Hall–Kier alpha value is -1.92. The second-order valence-corrected chi connectivity index (χ2v) is 5.29. The van der Waals surface area contributed by atoms with Crippen LogP contribution in [0.15, 0.2) is 34.5 Å². The fraction of sp³-hybridized carbons (Fsp3) is 0.500. The number of nitrogens with zero attached hydrogens (tertiary/aromatic N) is 4. The van der Waals surface area contributed by atoms with Crippen LogP contribution in [0.4, 0.5) is 0 Å². The fourth-order valence-electron chi connectivity index (χ4n) is 2.35. The summed E-state index contributed by atoms with van der Waals surface area (Å²) >= 11 is 0. The monoisotopic (exact) mass is 302 g/mol. The minimum atomic E-state index is 0.754. The number of hydrazone groups is 2. The number of benzene rings is 1. The second-order valence-electron chi connectivity index (χ2n) is 5.29. The van der Waals surface area contributed by atoms with E-state index in [0.717, 1.165) is 63.7 Å². The number of ether oxygens (including phenoxy) is 2. The van der Waals surface area contributed by atoms with E-state index in [1.54, 1.807) is 0 Å². The lowest BCUT2D eigenvalue weighted by molar-refractivity contribution is 0.0396. The molecule has 6 heteroatoms. The molecule has 0 N–H and O–H groups in total. The quantitative estimate of drug-likeness (QED) is 0.779. The van der Waals surface area contributed by atoms with E-state index in [1.165, 1.54) is 0 Å². The van der Waals surface area contributed by atoms with Gasteiger partial charge in [-0.2, -0.15) is 10.2 Å². The summed E-state index contributed by atoms with van der Waals surface area (Å²) in [6.45, 7) is 6.44. The van der Waals surface area contributed by atoms with E-state index in [-0.39, 0.29) is 0 Å². The van der Waals surface area contributed by atoms with E-state index < -0.39 is 0 Å². The van der Waals surface area contributed by atoms with E-state index in [2.05, 4.69) is 28.4 Å². The third-order valence-corrected chi connectivity index (χ3v) is 3.63. The van der Waals surface area contributed by atoms with Gasteiger partial charge in [-0.3, -0.25) is 10.0 Å². The van der Waals surface area contributed by atoms with Gasteiger partial charge >= 0.3 is 0 Å². The Balaban J connectivity index is 1.59. The maximum Gasteiger partial charge on any atom is 0.0659 e. The van der Waals surface area contributed by atoms with Crippen LogP contribution in [-0.4, -0.2) is 75.1 Å². The summed E-state index contributed by atoms with van der Waals surface area (Å²) in [6.07, 6.45) is 3.80. The van der Waals surface area contributed by atoms with Gasteiger partial charge in [-0.05, 0) is 17.2 Å². The second kappa shape index (κ2) is 7.91.